The molecule has 2 heteroatoms. The maximum atomic E-state index is 13.2. The second-order valence-electron chi connectivity index (χ2n) is 7.32. The molecule has 2 nitrogen and oxygen atoms in total. The Bertz CT molecular complexity index is 341. The molecule has 0 spiro atoms. The number of Topliss-reactive ketones (excluding diaryl/α,β-unsaturated/α-hetero) is 1. The Balaban J connectivity index is 5.28. The van der Waals surface area contributed by atoms with E-state index < -0.39 is 0 Å². The van der Waals surface area contributed by atoms with E-state index in [9.17, 15) is 4.79 Å². The lowest BCUT2D eigenvalue weighted by atomic mass is 9.77. The molecular formula is C21H39NO. The summed E-state index contributed by atoms with van der Waals surface area (Å²) >= 11 is 0. The lowest BCUT2D eigenvalue weighted by Gasteiger charge is -2.44. The summed E-state index contributed by atoms with van der Waals surface area (Å²) in [5, 5.41) is 0. The Morgan fingerprint density at radius 1 is 0.957 bits per heavy atom. The van der Waals surface area contributed by atoms with Crippen molar-refractivity contribution in [1.82, 2.24) is 4.90 Å². The number of ketones is 1. The number of hydrogen-bond donors (Lipinski definition) is 0. The molecule has 0 unspecified atom stereocenters. The second kappa shape index (κ2) is 11.6. The van der Waals surface area contributed by atoms with Gasteiger partial charge in [0.2, 0.25) is 0 Å². The van der Waals surface area contributed by atoms with Crippen molar-refractivity contribution in [2.45, 2.75) is 90.6 Å². The summed E-state index contributed by atoms with van der Waals surface area (Å²) in [6.45, 7) is 16.1. The first-order valence-corrected chi connectivity index (χ1v) is 9.32. The topological polar surface area (TPSA) is 20.3 Å². The highest BCUT2D eigenvalue weighted by Crippen LogP contribution is 2.33. The van der Waals surface area contributed by atoms with Crippen LogP contribution in [0.1, 0.15) is 79.1 Å². The van der Waals surface area contributed by atoms with E-state index in [0.717, 1.165) is 51.4 Å². The van der Waals surface area contributed by atoms with Crippen molar-refractivity contribution >= 4 is 5.78 Å². The third kappa shape index (κ3) is 7.03. The van der Waals surface area contributed by atoms with Crippen molar-refractivity contribution in [3.63, 3.8) is 0 Å². The van der Waals surface area contributed by atoms with Crippen LogP contribution in [0.3, 0.4) is 0 Å². The fraction of sp³-hybridized carbons (Fsp3) is 0.762. The monoisotopic (exact) mass is 321 g/mol. The summed E-state index contributed by atoms with van der Waals surface area (Å²) in [5.41, 5.74) is -0.315. The highest BCUT2D eigenvalue weighted by atomic mass is 16.1. The van der Waals surface area contributed by atoms with Crippen LogP contribution >= 0.6 is 0 Å². The zero-order valence-electron chi connectivity index (χ0n) is 16.2. The zero-order chi connectivity index (χ0) is 17.9. The van der Waals surface area contributed by atoms with Gasteiger partial charge in [-0.25, -0.2) is 0 Å². The molecule has 0 radical (unpaired) electrons. The van der Waals surface area contributed by atoms with Crippen molar-refractivity contribution in [2.75, 3.05) is 7.05 Å². The molecule has 0 aliphatic heterocycles. The van der Waals surface area contributed by atoms with Gasteiger partial charge < -0.3 is 0 Å². The molecule has 0 aromatic rings. The molecular weight excluding hydrogens is 282 g/mol. The largest absolute Gasteiger partial charge is 0.297 e. The predicted octanol–water partition coefficient (Wildman–Crippen LogP) is 5.78. The van der Waals surface area contributed by atoms with Gasteiger partial charge in [-0.1, -0.05) is 38.8 Å². The van der Waals surface area contributed by atoms with Crippen LogP contribution in [0.25, 0.3) is 0 Å². The minimum Gasteiger partial charge on any atom is -0.297 e. The third-order valence-electron chi connectivity index (χ3n) is 4.93. The number of likely N-dealkylation sites (N-methyl/N-ethyl adjacent to an activating group) is 1. The van der Waals surface area contributed by atoms with Crippen molar-refractivity contribution in [1.29, 1.82) is 0 Å². The number of hydrogen-bond acceptors (Lipinski definition) is 2. The Morgan fingerprint density at radius 3 is 1.70 bits per heavy atom. The van der Waals surface area contributed by atoms with Gasteiger partial charge in [0.1, 0.15) is 0 Å². The smallest absolute Gasteiger partial charge is 0.155 e. The molecule has 0 aliphatic carbocycles. The molecule has 0 atom stereocenters. The molecule has 0 saturated carbocycles. The molecule has 0 heterocycles. The minimum absolute atomic E-state index is 0.0787. The van der Waals surface area contributed by atoms with Gasteiger partial charge >= 0.3 is 0 Å². The van der Waals surface area contributed by atoms with E-state index in [0.29, 0.717) is 11.8 Å². The molecule has 0 fully saturated rings. The maximum absolute atomic E-state index is 13.2. The minimum atomic E-state index is -0.315. The molecule has 0 bridgehead atoms. The van der Waals surface area contributed by atoms with Gasteiger partial charge in [-0.15, -0.1) is 13.2 Å². The van der Waals surface area contributed by atoms with Crippen LogP contribution in [-0.4, -0.2) is 29.3 Å². The average Bonchev–Trinajstić information content (AvgIpc) is 2.52. The maximum Gasteiger partial charge on any atom is 0.155 e. The van der Waals surface area contributed by atoms with Crippen molar-refractivity contribution in [2.24, 2.45) is 5.92 Å². The summed E-state index contributed by atoms with van der Waals surface area (Å²) in [5.74, 6) is 0.487. The third-order valence-corrected chi connectivity index (χ3v) is 4.93. The van der Waals surface area contributed by atoms with Crippen LogP contribution in [0.4, 0.5) is 0 Å². The highest BCUT2D eigenvalue weighted by Gasteiger charge is 2.42. The van der Waals surface area contributed by atoms with E-state index in [-0.39, 0.29) is 11.5 Å². The molecule has 0 rings (SSSR count). The van der Waals surface area contributed by atoms with E-state index in [1.807, 2.05) is 26.0 Å². The Labute approximate surface area is 145 Å². The van der Waals surface area contributed by atoms with Crippen LogP contribution in [0, 0.1) is 5.92 Å². The summed E-state index contributed by atoms with van der Waals surface area (Å²) < 4.78 is 0. The van der Waals surface area contributed by atoms with Gasteiger partial charge in [0, 0.05) is 12.0 Å². The molecule has 0 saturated heterocycles. The summed E-state index contributed by atoms with van der Waals surface area (Å²) in [7, 11) is 2.13. The van der Waals surface area contributed by atoms with Crippen LogP contribution in [0.2, 0.25) is 0 Å². The lowest BCUT2D eigenvalue weighted by Crippen LogP contribution is -2.56. The fourth-order valence-electron chi connectivity index (χ4n) is 3.34. The summed E-state index contributed by atoms with van der Waals surface area (Å²) in [6, 6.07) is 0.372. The van der Waals surface area contributed by atoms with E-state index in [2.05, 4.69) is 39.0 Å². The van der Waals surface area contributed by atoms with E-state index >= 15 is 0 Å². The Kier molecular flexibility index (Phi) is 11.2. The van der Waals surface area contributed by atoms with Crippen molar-refractivity contribution < 1.29 is 4.79 Å². The van der Waals surface area contributed by atoms with Crippen LogP contribution in [-0.2, 0) is 4.79 Å². The average molecular weight is 322 g/mol. The SMILES string of the molecule is C=CCCCCC(CCCCC=C)(C(=O)C(C)C)N(C)C(C)C. The van der Waals surface area contributed by atoms with E-state index in [1.165, 1.54) is 0 Å². The first-order chi connectivity index (χ1) is 10.8. The standard InChI is InChI=1S/C21H39NO/c1-8-10-12-14-16-21(20(23)18(3)4,22(7)19(5)6)17-15-13-11-9-2/h8-9,18-19H,1-2,10-17H2,3-7H3. The van der Waals surface area contributed by atoms with Gasteiger partial charge in [0.05, 0.1) is 5.54 Å². The number of carbonyl (C=O) groups is 1. The number of rotatable bonds is 14. The molecule has 134 valence electrons. The zero-order valence-corrected chi connectivity index (χ0v) is 16.2. The quantitative estimate of drug-likeness (QED) is 0.298. The highest BCUT2D eigenvalue weighted by molar-refractivity contribution is 5.90. The first-order valence-electron chi connectivity index (χ1n) is 9.32. The van der Waals surface area contributed by atoms with Crippen LogP contribution in [0.5, 0.6) is 0 Å². The van der Waals surface area contributed by atoms with Gasteiger partial charge in [-0.2, -0.15) is 0 Å². The van der Waals surface area contributed by atoms with E-state index in [1.54, 1.807) is 0 Å². The molecule has 0 aromatic heterocycles. The Morgan fingerprint density at radius 2 is 1.39 bits per heavy atom. The van der Waals surface area contributed by atoms with Gasteiger partial charge in [0.15, 0.2) is 5.78 Å². The fourth-order valence-corrected chi connectivity index (χ4v) is 3.34. The second-order valence-corrected chi connectivity index (χ2v) is 7.32. The van der Waals surface area contributed by atoms with E-state index in [4.69, 9.17) is 0 Å². The molecule has 0 aromatic carbocycles. The first kappa shape index (κ1) is 22.1. The molecule has 23 heavy (non-hydrogen) atoms. The number of unbranched alkanes of at least 4 members (excludes halogenated alkanes) is 4. The number of allylic oxidation sites excluding steroid dienone is 2. The van der Waals surface area contributed by atoms with Gasteiger partial charge in [-0.05, 0) is 59.4 Å². The Hall–Kier alpha value is -0.890. The van der Waals surface area contributed by atoms with Gasteiger partial charge in [0.25, 0.3) is 0 Å². The van der Waals surface area contributed by atoms with Crippen molar-refractivity contribution in [3.8, 4) is 0 Å². The normalized spacial score (nSPS) is 12.2. The summed E-state index contributed by atoms with van der Waals surface area (Å²) in [4.78, 5) is 15.5. The van der Waals surface area contributed by atoms with Crippen molar-refractivity contribution in [3.05, 3.63) is 25.3 Å². The summed E-state index contributed by atoms with van der Waals surface area (Å²) in [6.07, 6.45) is 12.4. The lowest BCUT2D eigenvalue weighted by molar-refractivity contribution is -0.136. The number of carbonyl (C=O) groups excluding carboxylic acids is 1. The molecule has 0 aliphatic rings. The molecule has 0 N–H and O–H groups in total. The number of nitrogens with zero attached hydrogens (tertiary/aromatic N) is 1. The molecule has 0 amide bonds. The van der Waals surface area contributed by atoms with Gasteiger partial charge in [-0.3, -0.25) is 9.69 Å². The predicted molar refractivity (Wildman–Crippen MR) is 103 cm³/mol. The van der Waals surface area contributed by atoms with Crippen LogP contribution < -0.4 is 0 Å². The van der Waals surface area contributed by atoms with Crippen LogP contribution in [0.15, 0.2) is 25.3 Å².